The molecule has 0 unspecified atom stereocenters. The number of hydrogen-bond acceptors (Lipinski definition) is 6. The second-order valence-corrected chi connectivity index (χ2v) is 7.28. The van der Waals surface area contributed by atoms with Crippen LogP contribution in [0.2, 0.25) is 5.28 Å². The number of halogens is 3. The van der Waals surface area contributed by atoms with E-state index in [0.717, 1.165) is 10.4 Å². The van der Waals surface area contributed by atoms with Gasteiger partial charge in [-0.25, -0.2) is 4.52 Å². The van der Waals surface area contributed by atoms with E-state index in [1.807, 2.05) is 23.6 Å². The minimum Gasteiger partial charge on any atom is -0.363 e. The van der Waals surface area contributed by atoms with Crippen molar-refractivity contribution in [1.29, 1.82) is 0 Å². The largest absolute Gasteiger partial charge is 0.363 e. The quantitative estimate of drug-likeness (QED) is 0.540. The van der Waals surface area contributed by atoms with Gasteiger partial charge in [0.15, 0.2) is 5.82 Å². The van der Waals surface area contributed by atoms with E-state index in [9.17, 15) is 8.78 Å². The zero-order chi connectivity index (χ0) is 20.1. The number of aromatic nitrogens is 3. The number of rotatable bonds is 8. The SMILES string of the molecule is CC#Cc1c(C[C@@H](N)COC(F)F)cc2c(NCc3cccs3)nc(Cl)nn12. The van der Waals surface area contributed by atoms with Crippen LogP contribution in [0.15, 0.2) is 23.6 Å². The van der Waals surface area contributed by atoms with Gasteiger partial charge < -0.3 is 15.8 Å². The molecule has 148 valence electrons. The molecule has 0 amide bonds. The van der Waals surface area contributed by atoms with Crippen molar-refractivity contribution < 1.29 is 13.5 Å². The highest BCUT2D eigenvalue weighted by Gasteiger charge is 2.18. The fraction of sp³-hybridized carbons (Fsp3) is 0.333. The van der Waals surface area contributed by atoms with E-state index in [0.29, 0.717) is 30.0 Å². The lowest BCUT2D eigenvalue weighted by atomic mass is 10.1. The first-order chi connectivity index (χ1) is 13.5. The van der Waals surface area contributed by atoms with Crippen LogP contribution in [0.25, 0.3) is 5.52 Å². The Balaban J connectivity index is 1.93. The van der Waals surface area contributed by atoms with Gasteiger partial charge >= 0.3 is 6.61 Å². The summed E-state index contributed by atoms with van der Waals surface area (Å²) in [7, 11) is 0. The Kier molecular flexibility index (Phi) is 6.80. The van der Waals surface area contributed by atoms with E-state index in [1.165, 1.54) is 0 Å². The van der Waals surface area contributed by atoms with Crippen LogP contribution in [-0.4, -0.2) is 33.9 Å². The summed E-state index contributed by atoms with van der Waals surface area (Å²) in [6.07, 6.45) is 0.294. The predicted molar refractivity (Wildman–Crippen MR) is 106 cm³/mol. The number of anilines is 1. The van der Waals surface area contributed by atoms with Gasteiger partial charge in [0.2, 0.25) is 5.28 Å². The highest BCUT2D eigenvalue weighted by molar-refractivity contribution is 7.09. The summed E-state index contributed by atoms with van der Waals surface area (Å²) in [5.74, 6) is 6.37. The van der Waals surface area contributed by atoms with Crippen molar-refractivity contribution in [3.63, 3.8) is 0 Å². The van der Waals surface area contributed by atoms with Crippen LogP contribution in [0.1, 0.15) is 23.1 Å². The van der Waals surface area contributed by atoms with Crippen molar-refractivity contribution in [1.82, 2.24) is 14.6 Å². The summed E-state index contributed by atoms with van der Waals surface area (Å²) in [5, 5.41) is 9.55. The van der Waals surface area contributed by atoms with Gasteiger partial charge in [-0.3, -0.25) is 0 Å². The summed E-state index contributed by atoms with van der Waals surface area (Å²) < 4.78 is 30.4. The predicted octanol–water partition coefficient (Wildman–Crippen LogP) is 3.54. The van der Waals surface area contributed by atoms with E-state index < -0.39 is 12.7 Å². The van der Waals surface area contributed by atoms with E-state index in [4.69, 9.17) is 17.3 Å². The smallest absolute Gasteiger partial charge is 0.345 e. The van der Waals surface area contributed by atoms with Gasteiger partial charge in [0, 0.05) is 10.9 Å². The molecule has 6 nitrogen and oxygen atoms in total. The van der Waals surface area contributed by atoms with Crippen molar-refractivity contribution >= 4 is 34.3 Å². The monoisotopic (exact) mass is 425 g/mol. The summed E-state index contributed by atoms with van der Waals surface area (Å²) in [4.78, 5) is 5.42. The zero-order valence-electron chi connectivity index (χ0n) is 15.0. The Morgan fingerprint density at radius 2 is 2.29 bits per heavy atom. The number of thiophene rings is 1. The summed E-state index contributed by atoms with van der Waals surface area (Å²) in [6.45, 7) is -0.843. The number of nitrogens with one attached hydrogen (secondary N) is 1. The van der Waals surface area contributed by atoms with Crippen LogP contribution >= 0.6 is 22.9 Å². The normalized spacial score (nSPS) is 12.2. The van der Waals surface area contributed by atoms with Crippen LogP contribution < -0.4 is 11.1 Å². The van der Waals surface area contributed by atoms with E-state index in [1.54, 1.807) is 22.8 Å². The molecule has 0 aliphatic carbocycles. The molecule has 0 bridgehead atoms. The van der Waals surface area contributed by atoms with E-state index >= 15 is 0 Å². The molecule has 0 saturated carbocycles. The Morgan fingerprint density at radius 1 is 1.46 bits per heavy atom. The van der Waals surface area contributed by atoms with E-state index in [2.05, 4.69) is 32.0 Å². The lowest BCUT2D eigenvalue weighted by Gasteiger charge is -2.11. The summed E-state index contributed by atoms with van der Waals surface area (Å²) in [6, 6.07) is 5.21. The zero-order valence-corrected chi connectivity index (χ0v) is 16.5. The molecule has 0 aliphatic rings. The van der Waals surface area contributed by atoms with Crippen LogP contribution in [0.5, 0.6) is 0 Å². The van der Waals surface area contributed by atoms with Gasteiger partial charge in [-0.05, 0) is 53.9 Å². The lowest BCUT2D eigenvalue weighted by molar-refractivity contribution is -0.131. The molecule has 10 heteroatoms. The summed E-state index contributed by atoms with van der Waals surface area (Å²) in [5.41, 5.74) is 7.97. The molecule has 0 saturated heterocycles. The third-order valence-corrected chi connectivity index (χ3v) is 4.89. The Morgan fingerprint density at radius 3 is 2.96 bits per heavy atom. The average Bonchev–Trinajstić information content (AvgIpc) is 3.27. The molecule has 0 aromatic carbocycles. The molecular weight excluding hydrogens is 408 g/mol. The standard InChI is InChI=1S/C18H18ClF2N5OS/c1-2-4-14-11(7-12(22)10-27-18(20)21)8-15-16(24-17(19)25-26(14)15)23-9-13-5-3-6-28-13/h3,5-6,8,12,18H,7,9-10,22H2,1H3,(H,23,24,25)/t12-/m1/s1. The maximum Gasteiger partial charge on any atom is 0.345 e. The second kappa shape index (κ2) is 9.30. The van der Waals surface area contributed by atoms with Gasteiger partial charge in [0.25, 0.3) is 0 Å². The third kappa shape index (κ3) is 4.97. The number of nitrogens with two attached hydrogens (primary N) is 1. The molecule has 0 radical (unpaired) electrons. The maximum atomic E-state index is 12.3. The molecule has 0 spiro atoms. The molecule has 1 atom stereocenters. The first kappa shape index (κ1) is 20.5. The van der Waals surface area contributed by atoms with E-state index in [-0.39, 0.29) is 11.9 Å². The lowest BCUT2D eigenvalue weighted by Crippen LogP contribution is -2.29. The van der Waals surface area contributed by atoms with Crippen LogP contribution in [0.3, 0.4) is 0 Å². The topological polar surface area (TPSA) is 77.5 Å². The van der Waals surface area contributed by atoms with Crippen molar-refractivity contribution in [2.24, 2.45) is 5.73 Å². The van der Waals surface area contributed by atoms with Crippen molar-refractivity contribution in [3.8, 4) is 11.8 Å². The Labute approximate surface area is 169 Å². The minimum absolute atomic E-state index is 0.0628. The van der Waals surface area contributed by atoms with Gasteiger partial charge in [-0.15, -0.1) is 16.4 Å². The van der Waals surface area contributed by atoms with Crippen molar-refractivity contribution in [2.45, 2.75) is 32.5 Å². The first-order valence-electron chi connectivity index (χ1n) is 8.40. The molecule has 3 aromatic heterocycles. The fourth-order valence-electron chi connectivity index (χ4n) is 2.74. The first-order valence-corrected chi connectivity index (χ1v) is 9.66. The van der Waals surface area contributed by atoms with Gasteiger partial charge in [-0.1, -0.05) is 12.0 Å². The number of alkyl halides is 2. The van der Waals surface area contributed by atoms with Crippen molar-refractivity contribution in [2.75, 3.05) is 11.9 Å². The van der Waals surface area contributed by atoms with Gasteiger partial charge in [0.1, 0.15) is 11.2 Å². The third-order valence-electron chi connectivity index (χ3n) is 3.86. The minimum atomic E-state index is -2.85. The van der Waals surface area contributed by atoms with Crippen LogP contribution in [0, 0.1) is 11.8 Å². The molecule has 3 N–H and O–H groups in total. The molecule has 0 aliphatic heterocycles. The number of nitrogens with zero attached hydrogens (tertiary/aromatic N) is 3. The molecule has 3 aromatic rings. The van der Waals surface area contributed by atoms with Gasteiger partial charge in [0.05, 0.1) is 13.2 Å². The van der Waals surface area contributed by atoms with Crippen LogP contribution in [-0.2, 0) is 17.7 Å². The number of hydrogen-bond donors (Lipinski definition) is 2. The molecular formula is C18H18ClF2N5OS. The fourth-order valence-corrected chi connectivity index (χ4v) is 3.54. The molecule has 3 heterocycles. The number of fused-ring (bicyclic) bond motifs is 1. The molecule has 0 fully saturated rings. The summed E-state index contributed by atoms with van der Waals surface area (Å²) >= 11 is 7.72. The highest BCUT2D eigenvalue weighted by atomic mass is 35.5. The maximum absolute atomic E-state index is 12.3. The average molecular weight is 426 g/mol. The van der Waals surface area contributed by atoms with Crippen molar-refractivity contribution in [3.05, 3.63) is 45.0 Å². The molecule has 28 heavy (non-hydrogen) atoms. The molecule has 3 rings (SSSR count). The van der Waals surface area contributed by atoms with Crippen LogP contribution in [0.4, 0.5) is 14.6 Å². The Hall–Kier alpha value is -2.25. The highest BCUT2D eigenvalue weighted by Crippen LogP contribution is 2.24. The number of ether oxygens (including phenoxy) is 1. The van der Waals surface area contributed by atoms with Gasteiger partial charge in [-0.2, -0.15) is 13.8 Å². The Bertz CT molecular complexity index is 997. The second-order valence-electron chi connectivity index (χ2n) is 5.91.